The predicted octanol–water partition coefficient (Wildman–Crippen LogP) is 1.81. The van der Waals surface area contributed by atoms with Gasteiger partial charge in [-0.25, -0.2) is 4.79 Å². The van der Waals surface area contributed by atoms with Gasteiger partial charge in [0.2, 0.25) is 0 Å². The number of hydrogen-bond acceptors (Lipinski definition) is 3. The Labute approximate surface area is 121 Å². The summed E-state index contributed by atoms with van der Waals surface area (Å²) in [4.78, 5) is 22.6. The molecular formula is C12H13ClN2O3S. The largest absolute Gasteiger partial charge is 0.480 e. The fourth-order valence-corrected chi connectivity index (χ4v) is 1.67. The van der Waals surface area contributed by atoms with Gasteiger partial charge in [-0.05, 0) is 42.9 Å². The van der Waals surface area contributed by atoms with Crippen molar-refractivity contribution in [1.82, 2.24) is 10.6 Å². The molecule has 1 amide bonds. The summed E-state index contributed by atoms with van der Waals surface area (Å²) >= 11 is 10.6. The Kier molecular flexibility index (Phi) is 5.72. The van der Waals surface area contributed by atoms with Crippen LogP contribution in [0.3, 0.4) is 0 Å². The van der Waals surface area contributed by atoms with E-state index in [1.165, 1.54) is 0 Å². The molecule has 1 aromatic rings. The Morgan fingerprint density at radius 1 is 1.37 bits per heavy atom. The highest BCUT2D eigenvalue weighted by Crippen LogP contribution is 2.09. The first-order chi connectivity index (χ1) is 8.93. The van der Waals surface area contributed by atoms with Gasteiger partial charge in [0.25, 0.3) is 5.91 Å². The van der Waals surface area contributed by atoms with E-state index in [1.54, 1.807) is 31.2 Å². The van der Waals surface area contributed by atoms with Gasteiger partial charge in [0.15, 0.2) is 5.11 Å². The number of nitrogens with one attached hydrogen (secondary N) is 2. The van der Waals surface area contributed by atoms with Crippen LogP contribution in [0.1, 0.15) is 23.7 Å². The molecule has 1 aromatic carbocycles. The van der Waals surface area contributed by atoms with Gasteiger partial charge in [0.05, 0.1) is 0 Å². The molecule has 102 valence electrons. The number of carboxylic acids is 1. The van der Waals surface area contributed by atoms with Crippen molar-refractivity contribution in [2.45, 2.75) is 19.4 Å². The average molecular weight is 301 g/mol. The third-order valence-corrected chi connectivity index (χ3v) is 2.82. The number of carbonyl (C=O) groups is 2. The van der Waals surface area contributed by atoms with E-state index >= 15 is 0 Å². The molecule has 0 aliphatic rings. The van der Waals surface area contributed by atoms with Gasteiger partial charge in [-0.2, -0.15) is 0 Å². The molecular weight excluding hydrogens is 288 g/mol. The first-order valence-corrected chi connectivity index (χ1v) is 6.33. The van der Waals surface area contributed by atoms with Gasteiger partial charge < -0.3 is 10.4 Å². The molecule has 0 aliphatic heterocycles. The van der Waals surface area contributed by atoms with E-state index < -0.39 is 17.9 Å². The zero-order chi connectivity index (χ0) is 14.4. The smallest absolute Gasteiger partial charge is 0.326 e. The minimum absolute atomic E-state index is 0.0193. The van der Waals surface area contributed by atoms with Gasteiger partial charge in [-0.3, -0.25) is 10.1 Å². The van der Waals surface area contributed by atoms with E-state index in [0.717, 1.165) is 0 Å². The maximum atomic E-state index is 11.8. The molecule has 7 heteroatoms. The first-order valence-electron chi connectivity index (χ1n) is 5.54. The first kappa shape index (κ1) is 15.4. The van der Waals surface area contributed by atoms with E-state index in [9.17, 15) is 9.59 Å². The number of carbonyl (C=O) groups excluding carboxylic acids is 1. The molecule has 0 aromatic heterocycles. The SMILES string of the molecule is CC[C@@H](NC(=S)NC(=O)c1ccc(Cl)cc1)C(=O)O. The lowest BCUT2D eigenvalue weighted by molar-refractivity contribution is -0.139. The van der Waals surface area contributed by atoms with Crippen LogP contribution < -0.4 is 10.6 Å². The number of hydrogen-bond donors (Lipinski definition) is 3. The number of amides is 1. The Bertz CT molecular complexity index is 490. The van der Waals surface area contributed by atoms with Crippen molar-refractivity contribution in [3.8, 4) is 0 Å². The summed E-state index contributed by atoms with van der Waals surface area (Å²) in [5, 5.41) is 14.3. The standard InChI is InChI=1S/C12H13ClN2O3S/c1-2-9(11(17)18)14-12(19)15-10(16)7-3-5-8(13)6-4-7/h3-6,9H,2H2,1H3,(H,17,18)(H2,14,15,16,19)/t9-/m1/s1. The van der Waals surface area contributed by atoms with E-state index in [0.29, 0.717) is 17.0 Å². The molecule has 19 heavy (non-hydrogen) atoms. The summed E-state index contributed by atoms with van der Waals surface area (Å²) in [6.07, 6.45) is 0.353. The lowest BCUT2D eigenvalue weighted by atomic mass is 10.2. The van der Waals surface area contributed by atoms with Crippen molar-refractivity contribution < 1.29 is 14.7 Å². The summed E-state index contributed by atoms with van der Waals surface area (Å²) in [6, 6.07) is 5.44. The van der Waals surface area contributed by atoms with Crippen molar-refractivity contribution in [2.24, 2.45) is 0 Å². The van der Waals surface area contributed by atoms with Gasteiger partial charge >= 0.3 is 5.97 Å². The van der Waals surface area contributed by atoms with Crippen LogP contribution in [0, 0.1) is 0 Å². The second kappa shape index (κ2) is 7.06. The van der Waals surface area contributed by atoms with Crippen LogP contribution in [0.25, 0.3) is 0 Å². The maximum Gasteiger partial charge on any atom is 0.326 e. The minimum atomic E-state index is -1.02. The molecule has 0 saturated heterocycles. The average Bonchev–Trinajstić information content (AvgIpc) is 2.36. The molecule has 1 atom stereocenters. The second-order valence-corrected chi connectivity index (χ2v) is 4.58. The monoisotopic (exact) mass is 300 g/mol. The van der Waals surface area contributed by atoms with Crippen molar-refractivity contribution in [3.63, 3.8) is 0 Å². The Hall–Kier alpha value is -1.66. The number of carboxylic acid groups (broad SMARTS) is 1. The molecule has 1 rings (SSSR count). The zero-order valence-corrected chi connectivity index (χ0v) is 11.7. The molecule has 0 radical (unpaired) electrons. The summed E-state index contributed by atoms with van der Waals surface area (Å²) in [5.41, 5.74) is 0.386. The summed E-state index contributed by atoms with van der Waals surface area (Å²) in [7, 11) is 0. The van der Waals surface area contributed by atoms with Gasteiger partial charge in [-0.1, -0.05) is 18.5 Å². The van der Waals surface area contributed by atoms with E-state index in [4.69, 9.17) is 28.9 Å². The molecule has 0 aliphatic carbocycles. The van der Waals surface area contributed by atoms with Crippen LogP contribution in [0.5, 0.6) is 0 Å². The van der Waals surface area contributed by atoms with Crippen molar-refractivity contribution >= 4 is 40.8 Å². The number of thiocarbonyl (C=S) groups is 1. The normalized spacial score (nSPS) is 11.5. The number of aliphatic carboxylic acids is 1. The van der Waals surface area contributed by atoms with Crippen molar-refractivity contribution in [2.75, 3.05) is 0 Å². The lowest BCUT2D eigenvalue weighted by Gasteiger charge is -2.14. The van der Waals surface area contributed by atoms with Crippen molar-refractivity contribution in [3.05, 3.63) is 34.9 Å². The molecule has 0 bridgehead atoms. The number of rotatable bonds is 4. The van der Waals surface area contributed by atoms with E-state index in [-0.39, 0.29) is 5.11 Å². The van der Waals surface area contributed by atoms with Crippen LogP contribution in [0.15, 0.2) is 24.3 Å². The highest BCUT2D eigenvalue weighted by Gasteiger charge is 2.17. The number of halogens is 1. The van der Waals surface area contributed by atoms with Gasteiger partial charge in [-0.15, -0.1) is 0 Å². The predicted molar refractivity (Wildman–Crippen MR) is 76.4 cm³/mol. The summed E-state index contributed by atoms with van der Waals surface area (Å²) in [6.45, 7) is 1.70. The molecule has 0 heterocycles. The highest BCUT2D eigenvalue weighted by molar-refractivity contribution is 7.80. The van der Waals surface area contributed by atoms with Crippen LogP contribution in [0.4, 0.5) is 0 Å². The molecule has 3 N–H and O–H groups in total. The molecule has 0 unspecified atom stereocenters. The minimum Gasteiger partial charge on any atom is -0.480 e. The Balaban J connectivity index is 2.59. The summed E-state index contributed by atoms with van der Waals surface area (Å²) in [5.74, 6) is -1.44. The van der Waals surface area contributed by atoms with Gasteiger partial charge in [0, 0.05) is 10.6 Å². The lowest BCUT2D eigenvalue weighted by Crippen LogP contribution is -2.47. The molecule has 0 saturated carbocycles. The van der Waals surface area contributed by atoms with E-state index in [2.05, 4.69) is 10.6 Å². The van der Waals surface area contributed by atoms with Crippen LogP contribution >= 0.6 is 23.8 Å². The highest BCUT2D eigenvalue weighted by atomic mass is 35.5. The number of benzene rings is 1. The van der Waals surface area contributed by atoms with Crippen LogP contribution in [-0.4, -0.2) is 28.1 Å². The molecule has 0 spiro atoms. The van der Waals surface area contributed by atoms with Crippen molar-refractivity contribution in [1.29, 1.82) is 0 Å². The Morgan fingerprint density at radius 2 is 1.95 bits per heavy atom. The molecule has 0 fully saturated rings. The van der Waals surface area contributed by atoms with Crippen LogP contribution in [-0.2, 0) is 4.79 Å². The maximum absolute atomic E-state index is 11.8. The summed E-state index contributed by atoms with van der Waals surface area (Å²) < 4.78 is 0. The molecule has 5 nitrogen and oxygen atoms in total. The zero-order valence-electron chi connectivity index (χ0n) is 10.1. The quantitative estimate of drug-likeness (QED) is 0.739. The van der Waals surface area contributed by atoms with Gasteiger partial charge in [0.1, 0.15) is 6.04 Å². The fraction of sp³-hybridized carbons (Fsp3) is 0.250. The Morgan fingerprint density at radius 3 is 2.42 bits per heavy atom. The fourth-order valence-electron chi connectivity index (χ4n) is 1.31. The second-order valence-electron chi connectivity index (χ2n) is 3.73. The topological polar surface area (TPSA) is 78.4 Å². The third kappa shape index (κ3) is 4.84. The van der Waals surface area contributed by atoms with Crippen LogP contribution in [0.2, 0.25) is 5.02 Å². The third-order valence-electron chi connectivity index (χ3n) is 2.35. The van der Waals surface area contributed by atoms with E-state index in [1.807, 2.05) is 0 Å².